The van der Waals surface area contributed by atoms with Crippen LogP contribution in [0.15, 0.2) is 24.5 Å². The fraction of sp³-hybridized carbons (Fsp3) is 0.533. The smallest absolute Gasteiger partial charge is 0.303 e. The number of carbonyl (C=O) groups is 3. The summed E-state index contributed by atoms with van der Waals surface area (Å²) in [5.74, 6) is -1.21. The third-order valence-electron chi connectivity index (χ3n) is 2.72. The molecule has 0 radical (unpaired) electrons. The Kier molecular flexibility index (Phi) is 6.00. The predicted molar refractivity (Wildman–Crippen MR) is 75.5 cm³/mol. The zero-order valence-electron chi connectivity index (χ0n) is 13.7. The highest BCUT2D eigenvalue weighted by Crippen LogP contribution is 2.25. The van der Waals surface area contributed by atoms with Gasteiger partial charge in [-0.3, -0.25) is 14.4 Å². The van der Waals surface area contributed by atoms with Gasteiger partial charge in [-0.15, -0.1) is 6.55 Å². The van der Waals surface area contributed by atoms with E-state index in [4.69, 9.17) is 20.3 Å². The lowest BCUT2D eigenvalue weighted by Gasteiger charge is -2.35. The summed E-state index contributed by atoms with van der Waals surface area (Å²) in [7, 11) is 0. The second-order valence-electron chi connectivity index (χ2n) is 4.68. The minimum absolute atomic E-state index is 0.160. The molecule has 0 fully saturated rings. The summed E-state index contributed by atoms with van der Waals surface area (Å²) in [6.45, 7) is 4.64. The van der Waals surface area contributed by atoms with Crippen LogP contribution in [0.1, 0.15) is 28.6 Å². The van der Waals surface area contributed by atoms with Crippen LogP contribution in [-0.2, 0) is 33.3 Å². The van der Waals surface area contributed by atoms with Crippen LogP contribution in [0.2, 0.25) is 0 Å². The normalized spacial score (nSPS) is 24.8. The van der Waals surface area contributed by atoms with Crippen molar-refractivity contribution < 1.29 is 34.7 Å². The van der Waals surface area contributed by atoms with Crippen molar-refractivity contribution in [2.24, 2.45) is 0 Å². The number of hydrogen-bond acceptors (Lipinski definition) is 7. The van der Waals surface area contributed by atoms with E-state index in [1.54, 1.807) is 0 Å². The summed E-state index contributed by atoms with van der Waals surface area (Å²) in [4.78, 5) is 33.6. The minimum Gasteiger partial charge on any atom is -0.487 e. The van der Waals surface area contributed by atoms with Gasteiger partial charge >= 0.3 is 17.9 Å². The van der Waals surface area contributed by atoms with Gasteiger partial charge in [0.1, 0.15) is 12.4 Å². The van der Waals surface area contributed by atoms with Crippen molar-refractivity contribution in [3.8, 4) is 0 Å². The van der Waals surface area contributed by atoms with Gasteiger partial charge in [0.15, 0.2) is 18.3 Å². The van der Waals surface area contributed by atoms with E-state index in [1.165, 1.54) is 32.9 Å². The van der Waals surface area contributed by atoms with E-state index < -0.39 is 36.2 Å². The van der Waals surface area contributed by atoms with Gasteiger partial charge in [0, 0.05) is 27.2 Å². The van der Waals surface area contributed by atoms with E-state index in [0.29, 0.717) is 12.2 Å². The van der Waals surface area contributed by atoms with Crippen molar-refractivity contribution >= 4 is 17.9 Å². The SMILES string of the molecule is [2H]C=CCC1=C[C@@H](OC(C)=O)[C@H](OC(C)=O)[C@@H](COC(C)=O)O1. The molecule has 7 heteroatoms. The predicted octanol–water partition coefficient (Wildman–Crippen LogP) is 1.27. The lowest BCUT2D eigenvalue weighted by atomic mass is 10.0. The molecule has 1 aliphatic heterocycles. The van der Waals surface area contributed by atoms with Gasteiger partial charge in [-0.25, -0.2) is 0 Å². The van der Waals surface area contributed by atoms with Gasteiger partial charge in [-0.1, -0.05) is 6.08 Å². The molecule has 0 aliphatic carbocycles. The quantitative estimate of drug-likeness (QED) is 0.414. The molecule has 3 atom stereocenters. The molecule has 0 bridgehead atoms. The Hall–Kier alpha value is -2.31. The van der Waals surface area contributed by atoms with Crippen molar-refractivity contribution in [1.29, 1.82) is 0 Å². The molecule has 0 N–H and O–H groups in total. The molecule has 0 spiro atoms. The highest BCUT2D eigenvalue weighted by atomic mass is 16.6. The first-order valence-electron chi connectivity index (χ1n) is 7.29. The van der Waals surface area contributed by atoms with Crippen molar-refractivity contribution in [3.63, 3.8) is 0 Å². The maximum absolute atomic E-state index is 11.3. The summed E-state index contributed by atoms with van der Waals surface area (Å²) in [6.07, 6.45) is 0.737. The average molecular weight is 313 g/mol. The number of ether oxygens (including phenoxy) is 4. The van der Waals surface area contributed by atoms with Gasteiger partial charge in [0.05, 0.1) is 1.37 Å². The minimum atomic E-state index is -0.931. The Morgan fingerprint density at radius 2 is 1.95 bits per heavy atom. The Balaban J connectivity index is 3.02. The number of hydrogen-bond donors (Lipinski definition) is 0. The monoisotopic (exact) mass is 313 g/mol. The van der Waals surface area contributed by atoms with Gasteiger partial charge in [0.25, 0.3) is 0 Å². The summed E-state index contributed by atoms with van der Waals surface area (Å²) in [5, 5.41) is 0. The summed E-state index contributed by atoms with van der Waals surface area (Å²) in [5.41, 5.74) is 0. The molecular formula is C15H20O7. The van der Waals surface area contributed by atoms with E-state index in [1.807, 2.05) is 0 Å². The van der Waals surface area contributed by atoms with E-state index in [9.17, 15) is 14.4 Å². The highest BCUT2D eigenvalue weighted by Gasteiger charge is 2.40. The van der Waals surface area contributed by atoms with Crippen molar-refractivity contribution in [2.75, 3.05) is 6.61 Å². The Morgan fingerprint density at radius 1 is 1.27 bits per heavy atom. The maximum atomic E-state index is 11.3. The summed E-state index contributed by atoms with van der Waals surface area (Å²) < 4.78 is 27.9. The van der Waals surface area contributed by atoms with Gasteiger partial charge in [0.2, 0.25) is 0 Å². The number of rotatable bonds is 6. The lowest BCUT2D eigenvalue weighted by Crippen LogP contribution is -2.48. The molecule has 0 saturated carbocycles. The van der Waals surface area contributed by atoms with Crippen LogP contribution in [0.4, 0.5) is 0 Å². The van der Waals surface area contributed by atoms with Crippen LogP contribution in [0.3, 0.4) is 0 Å². The second-order valence-corrected chi connectivity index (χ2v) is 4.68. The molecule has 0 aromatic heterocycles. The van der Waals surface area contributed by atoms with E-state index in [-0.39, 0.29) is 6.61 Å². The van der Waals surface area contributed by atoms with Gasteiger partial charge in [-0.2, -0.15) is 0 Å². The summed E-state index contributed by atoms with van der Waals surface area (Å²) in [6, 6.07) is 0. The average Bonchev–Trinajstić information content (AvgIpc) is 2.44. The second kappa shape index (κ2) is 8.21. The highest BCUT2D eigenvalue weighted by molar-refractivity contribution is 5.68. The zero-order valence-corrected chi connectivity index (χ0v) is 12.7. The lowest BCUT2D eigenvalue weighted by molar-refractivity contribution is -0.181. The molecule has 122 valence electrons. The van der Waals surface area contributed by atoms with Crippen LogP contribution >= 0.6 is 0 Å². The fourth-order valence-corrected chi connectivity index (χ4v) is 1.98. The third-order valence-corrected chi connectivity index (χ3v) is 2.72. The van der Waals surface area contributed by atoms with E-state index in [2.05, 4.69) is 0 Å². The fourth-order valence-electron chi connectivity index (χ4n) is 1.98. The topological polar surface area (TPSA) is 88.1 Å². The van der Waals surface area contributed by atoms with Crippen LogP contribution < -0.4 is 0 Å². The Morgan fingerprint density at radius 3 is 2.50 bits per heavy atom. The third kappa shape index (κ3) is 5.59. The molecule has 22 heavy (non-hydrogen) atoms. The van der Waals surface area contributed by atoms with E-state index in [0.717, 1.165) is 6.55 Å². The molecule has 0 aromatic carbocycles. The number of allylic oxidation sites excluding steroid dienone is 1. The number of esters is 3. The van der Waals surface area contributed by atoms with Crippen LogP contribution in [0, 0.1) is 0 Å². The molecule has 0 aromatic rings. The Bertz CT molecular complexity index is 512. The molecular weight excluding hydrogens is 292 g/mol. The standard InChI is InChI=1S/C15H20O7/c1-5-6-12-7-13(20-10(3)17)15(21-11(4)18)14(22-12)8-19-9(2)16/h5,7,13-15H,1,6,8H2,2-4H3/t13-,14-,15+/m1/s1/i1D. The van der Waals surface area contributed by atoms with Crippen molar-refractivity contribution in [1.82, 2.24) is 0 Å². The van der Waals surface area contributed by atoms with Crippen molar-refractivity contribution in [3.05, 3.63) is 24.5 Å². The molecule has 1 aliphatic rings. The summed E-state index contributed by atoms with van der Waals surface area (Å²) >= 11 is 0. The molecule has 1 rings (SSSR count). The molecule has 0 saturated heterocycles. The zero-order chi connectivity index (χ0) is 17.4. The first kappa shape index (κ1) is 16.1. The van der Waals surface area contributed by atoms with E-state index >= 15 is 0 Å². The molecule has 1 heterocycles. The molecule has 7 nitrogen and oxygen atoms in total. The van der Waals surface area contributed by atoms with Gasteiger partial charge < -0.3 is 18.9 Å². The largest absolute Gasteiger partial charge is 0.487 e. The van der Waals surface area contributed by atoms with Gasteiger partial charge in [-0.05, 0) is 6.08 Å². The van der Waals surface area contributed by atoms with Crippen LogP contribution in [-0.4, -0.2) is 42.8 Å². The molecule has 0 unspecified atom stereocenters. The first-order valence-corrected chi connectivity index (χ1v) is 6.72. The first-order chi connectivity index (χ1) is 10.8. The maximum Gasteiger partial charge on any atom is 0.303 e. The van der Waals surface area contributed by atoms with Crippen molar-refractivity contribution in [2.45, 2.75) is 45.5 Å². The van der Waals surface area contributed by atoms with Crippen LogP contribution in [0.5, 0.6) is 0 Å². The van der Waals surface area contributed by atoms with Crippen LogP contribution in [0.25, 0.3) is 0 Å². The number of carbonyl (C=O) groups excluding carboxylic acids is 3. The Labute approximate surface area is 130 Å². The molecule has 0 amide bonds.